The summed E-state index contributed by atoms with van der Waals surface area (Å²) in [6.07, 6.45) is 7.16. The van der Waals surface area contributed by atoms with E-state index in [4.69, 9.17) is 18.6 Å². The number of hydrogen-bond acceptors (Lipinski definition) is 8. The minimum absolute atomic E-state index is 0. The molecule has 4 aromatic heterocycles. The average Bonchev–Trinajstić information content (AvgIpc) is 3.73. The first-order chi connectivity index (χ1) is 31.7. The molecule has 4 aromatic carbocycles. The summed E-state index contributed by atoms with van der Waals surface area (Å²) in [6.45, 7) is 16.5. The molecular formula is C56H59B2Ir2N4O6-3. The molecule has 14 heteroatoms. The van der Waals surface area contributed by atoms with Gasteiger partial charge in [0.05, 0.1) is 28.1 Å². The van der Waals surface area contributed by atoms with Crippen LogP contribution in [0.3, 0.4) is 0 Å². The van der Waals surface area contributed by atoms with Crippen molar-refractivity contribution in [3.8, 4) is 45.0 Å². The number of hydrogen-bond donors (Lipinski definition) is 0. The van der Waals surface area contributed by atoms with E-state index in [2.05, 4.69) is 106 Å². The topological polar surface area (TPSA) is 151 Å². The van der Waals surface area contributed by atoms with Gasteiger partial charge in [-0.1, -0.05) is 66.7 Å². The standard InChI is InChI=1S/C17H20BNO2.C17H19BNO2.2C11H8N.2Ir.2H2O/c2*1-16(2)17(3,4)21-18(20-16)14-9-7-8-13(12-14)15-10-5-6-11-19-15;2*1-2-6-10(7-3-1)11-8-4-5-9-12-11;;;;/h5-12H,1-4H3;5-7,9-12H,1-4H3;2*1-6,8-9H;;;2*1H2/q;3*-1;;;;. The monoisotopic (exact) mass is 1290 g/mol. The molecule has 0 unspecified atom stereocenters. The Labute approximate surface area is 441 Å². The van der Waals surface area contributed by atoms with Crippen molar-refractivity contribution in [2.45, 2.75) is 77.8 Å². The number of pyridine rings is 4. The van der Waals surface area contributed by atoms with Crippen LogP contribution in [-0.4, -0.2) is 67.5 Å². The summed E-state index contributed by atoms with van der Waals surface area (Å²) in [4.78, 5) is 17.2. The molecule has 8 aromatic rings. The van der Waals surface area contributed by atoms with E-state index in [-0.39, 0.29) is 87.8 Å². The predicted octanol–water partition coefficient (Wildman–Crippen LogP) is 9.34. The van der Waals surface area contributed by atoms with Crippen LogP contribution in [0.4, 0.5) is 0 Å². The molecule has 0 aliphatic carbocycles. The Morgan fingerprint density at radius 1 is 0.357 bits per heavy atom. The Bertz CT molecular complexity index is 2440. The number of benzene rings is 4. The molecule has 0 bridgehead atoms. The fourth-order valence-corrected chi connectivity index (χ4v) is 6.79. The molecule has 2 aliphatic rings. The predicted molar refractivity (Wildman–Crippen MR) is 274 cm³/mol. The second-order valence-corrected chi connectivity index (χ2v) is 17.8. The SMILES string of the molecule is CC1(C)OB(c2cc[c-]c(-c3ccccn3)c2)OC1(C)C.CC1(C)OB(c2cccc(-c3ccccn3)c2)OC1(C)C.O.O.[Ir].[Ir].[c-]1ccccc1-c1ccccn1.[c-]1ccccc1-c1ccccn1. The van der Waals surface area contributed by atoms with Gasteiger partial charge in [-0.15, -0.1) is 107 Å². The van der Waals surface area contributed by atoms with Gasteiger partial charge in [0.15, 0.2) is 0 Å². The number of nitrogens with zero attached hydrogens (tertiary/aromatic N) is 4. The van der Waals surface area contributed by atoms with Crippen LogP contribution in [0.25, 0.3) is 45.0 Å². The largest absolute Gasteiger partial charge is 0.494 e. The Balaban J connectivity index is 0.000000250. The van der Waals surface area contributed by atoms with Crippen LogP contribution in [0.2, 0.25) is 0 Å². The molecule has 6 heterocycles. The summed E-state index contributed by atoms with van der Waals surface area (Å²) < 4.78 is 24.4. The van der Waals surface area contributed by atoms with Crippen LogP contribution in [0, 0.1) is 18.2 Å². The van der Waals surface area contributed by atoms with Crippen LogP contribution in [0.15, 0.2) is 189 Å². The Hall–Kier alpha value is -5.33. The fourth-order valence-electron chi connectivity index (χ4n) is 6.79. The maximum atomic E-state index is 6.10. The summed E-state index contributed by atoms with van der Waals surface area (Å²) in [6, 6.07) is 62.7. The number of rotatable bonds is 6. The summed E-state index contributed by atoms with van der Waals surface area (Å²) in [5.74, 6) is 0. The second-order valence-electron chi connectivity index (χ2n) is 17.8. The van der Waals surface area contributed by atoms with E-state index in [1.54, 1.807) is 24.8 Å². The van der Waals surface area contributed by atoms with Crippen LogP contribution < -0.4 is 10.9 Å². The van der Waals surface area contributed by atoms with Gasteiger partial charge in [-0.25, -0.2) is 0 Å². The van der Waals surface area contributed by atoms with E-state index in [1.807, 2.05) is 152 Å². The van der Waals surface area contributed by atoms with Crippen molar-refractivity contribution in [3.63, 3.8) is 0 Å². The normalized spacial score (nSPS) is 15.1. The van der Waals surface area contributed by atoms with E-state index in [0.29, 0.717) is 0 Å². The third-order valence-electron chi connectivity index (χ3n) is 12.0. The van der Waals surface area contributed by atoms with Crippen molar-refractivity contribution in [3.05, 3.63) is 207 Å². The molecule has 2 aliphatic heterocycles. The Kier molecular flexibility index (Phi) is 22.5. The smallest absolute Gasteiger partial charge is 0.412 e. The fraction of sp³-hybridized carbons (Fsp3) is 0.214. The molecule has 2 radical (unpaired) electrons. The zero-order valence-corrected chi connectivity index (χ0v) is 45.4. The third kappa shape index (κ3) is 15.3. The van der Waals surface area contributed by atoms with Crippen LogP contribution in [0.5, 0.6) is 0 Å². The summed E-state index contributed by atoms with van der Waals surface area (Å²) in [5.41, 5.74) is 8.61. The van der Waals surface area contributed by atoms with Gasteiger partial charge in [0.1, 0.15) is 0 Å². The van der Waals surface area contributed by atoms with E-state index in [0.717, 1.165) is 56.0 Å². The minimum atomic E-state index is -0.355. The molecule has 10 rings (SSSR count). The van der Waals surface area contributed by atoms with Crippen LogP contribution >= 0.6 is 0 Å². The molecule has 2 fully saturated rings. The maximum absolute atomic E-state index is 6.10. The Morgan fingerprint density at radius 2 is 0.714 bits per heavy atom. The first-order valence-electron chi connectivity index (χ1n) is 22.1. The van der Waals surface area contributed by atoms with Gasteiger partial charge >= 0.3 is 14.2 Å². The average molecular weight is 1290 g/mol. The third-order valence-corrected chi connectivity index (χ3v) is 12.0. The maximum Gasteiger partial charge on any atom is 0.494 e. The molecule has 4 N–H and O–H groups in total. The first kappa shape index (κ1) is 59.0. The quantitative estimate of drug-likeness (QED) is 0.118. The molecule has 0 spiro atoms. The summed E-state index contributed by atoms with van der Waals surface area (Å²) in [7, 11) is -0.689. The Morgan fingerprint density at radius 3 is 1.09 bits per heavy atom. The number of aromatic nitrogens is 4. The zero-order valence-electron chi connectivity index (χ0n) is 40.6. The first-order valence-corrected chi connectivity index (χ1v) is 22.1. The van der Waals surface area contributed by atoms with Crippen LogP contribution in [-0.2, 0) is 58.8 Å². The van der Waals surface area contributed by atoms with Gasteiger partial charge in [-0.3, -0.25) is 4.98 Å². The van der Waals surface area contributed by atoms with E-state index in [1.165, 1.54) is 0 Å². The van der Waals surface area contributed by atoms with Gasteiger partial charge in [0.2, 0.25) is 0 Å². The van der Waals surface area contributed by atoms with Gasteiger partial charge in [-0.05, 0) is 114 Å². The van der Waals surface area contributed by atoms with Gasteiger partial charge < -0.3 is 44.5 Å². The van der Waals surface area contributed by atoms with E-state index in [9.17, 15) is 0 Å². The molecule has 0 saturated carbocycles. The molecule has 0 amide bonds. The summed E-state index contributed by atoms with van der Waals surface area (Å²) >= 11 is 0. The van der Waals surface area contributed by atoms with E-state index < -0.39 is 0 Å². The van der Waals surface area contributed by atoms with Crippen molar-refractivity contribution < 1.29 is 69.8 Å². The van der Waals surface area contributed by atoms with Crippen LogP contribution in [0.1, 0.15) is 55.4 Å². The van der Waals surface area contributed by atoms with Crippen molar-refractivity contribution in [2.24, 2.45) is 0 Å². The molecule has 366 valence electrons. The summed E-state index contributed by atoms with van der Waals surface area (Å²) in [5, 5.41) is 0. The van der Waals surface area contributed by atoms with Crippen molar-refractivity contribution in [1.29, 1.82) is 0 Å². The minimum Gasteiger partial charge on any atom is -0.412 e. The molecule has 2 saturated heterocycles. The molecule has 0 atom stereocenters. The van der Waals surface area contributed by atoms with Gasteiger partial charge in [0.25, 0.3) is 0 Å². The molecular weight excluding hydrogens is 1230 g/mol. The second kappa shape index (κ2) is 26.8. The van der Waals surface area contributed by atoms with Crippen molar-refractivity contribution >= 4 is 25.2 Å². The van der Waals surface area contributed by atoms with Crippen molar-refractivity contribution in [2.75, 3.05) is 0 Å². The van der Waals surface area contributed by atoms with Gasteiger partial charge in [0, 0.05) is 65.0 Å². The molecule has 10 nitrogen and oxygen atoms in total. The molecule has 70 heavy (non-hydrogen) atoms. The zero-order chi connectivity index (χ0) is 46.6. The van der Waals surface area contributed by atoms with E-state index >= 15 is 0 Å². The van der Waals surface area contributed by atoms with Gasteiger partial charge in [-0.2, -0.15) is 0 Å². The van der Waals surface area contributed by atoms with Crippen molar-refractivity contribution in [1.82, 2.24) is 19.9 Å².